The van der Waals surface area contributed by atoms with E-state index in [0.29, 0.717) is 15.9 Å². The summed E-state index contributed by atoms with van der Waals surface area (Å²) in [6.45, 7) is 7.58. The number of rotatable bonds is 10. The summed E-state index contributed by atoms with van der Waals surface area (Å²) in [5.74, 6) is -1.35. The molecule has 0 radical (unpaired) electrons. The molecule has 7 nitrogen and oxygen atoms in total. The Kier molecular flexibility index (Phi) is 11.5. The molecular weight excluding hydrogens is 674 g/mol. The minimum absolute atomic E-state index is 0.138. The van der Waals surface area contributed by atoms with Crippen LogP contribution in [-0.2, 0) is 32.3 Å². The van der Waals surface area contributed by atoms with Crippen molar-refractivity contribution in [2.24, 2.45) is 0 Å². The van der Waals surface area contributed by atoms with Crippen molar-refractivity contribution in [1.29, 1.82) is 0 Å². The average molecular weight is 707 g/mol. The summed E-state index contributed by atoms with van der Waals surface area (Å²) in [5, 5.41) is 2.65. The smallest absolute Gasteiger partial charge is 0.350 e. The summed E-state index contributed by atoms with van der Waals surface area (Å²) < 4.78 is 70.0. The molecule has 3 aromatic carbocycles. The molecule has 0 aliphatic carbocycles. The maximum atomic E-state index is 14.2. The highest BCUT2D eigenvalue weighted by atomic mass is 35.5. The zero-order chi connectivity index (χ0) is 33.9. The van der Waals surface area contributed by atoms with Crippen molar-refractivity contribution < 1.29 is 31.2 Å². The zero-order valence-corrected chi connectivity index (χ0v) is 28.3. The largest absolute Gasteiger partial charge is 0.417 e. The predicted octanol–water partition coefficient (Wildman–Crippen LogP) is 7.89. The number of carbonyl (C=O) groups is 2. The lowest BCUT2D eigenvalue weighted by atomic mass is 10.1. The van der Waals surface area contributed by atoms with Crippen LogP contribution in [0.2, 0.25) is 15.1 Å². The Morgan fingerprint density at radius 2 is 1.49 bits per heavy atom. The molecule has 0 saturated heterocycles. The van der Waals surface area contributed by atoms with Crippen LogP contribution in [0.3, 0.4) is 0 Å². The minimum Gasteiger partial charge on any atom is -0.350 e. The first kappa shape index (κ1) is 36.5. The van der Waals surface area contributed by atoms with Gasteiger partial charge in [-0.15, -0.1) is 0 Å². The number of aryl methyl sites for hydroxylation is 1. The SMILES string of the molecule is CCC(C(=O)NC(C)(C)C)N(Cc1ccc(Cl)c(Cl)c1)C(=O)CN(c1ccc(Cl)c(C(F)(F)F)c1)S(=O)(=O)c1ccc(C)cc1. The summed E-state index contributed by atoms with van der Waals surface area (Å²) in [6.07, 6.45) is -4.77. The Morgan fingerprint density at radius 3 is 2.02 bits per heavy atom. The molecule has 0 saturated carbocycles. The van der Waals surface area contributed by atoms with Crippen molar-refractivity contribution in [3.8, 4) is 0 Å². The number of hydrogen-bond acceptors (Lipinski definition) is 4. The summed E-state index contributed by atoms with van der Waals surface area (Å²) >= 11 is 18.1. The van der Waals surface area contributed by atoms with E-state index >= 15 is 0 Å². The molecule has 244 valence electrons. The lowest BCUT2D eigenvalue weighted by Gasteiger charge is -2.35. The van der Waals surface area contributed by atoms with Crippen molar-refractivity contribution in [2.45, 2.75) is 70.2 Å². The predicted molar refractivity (Wildman–Crippen MR) is 171 cm³/mol. The first-order chi connectivity index (χ1) is 20.7. The van der Waals surface area contributed by atoms with Crippen LogP contribution in [0, 0.1) is 6.92 Å². The number of amides is 2. The highest BCUT2D eigenvalue weighted by Crippen LogP contribution is 2.38. The van der Waals surface area contributed by atoms with Gasteiger partial charge in [0.15, 0.2) is 0 Å². The Balaban J connectivity index is 2.18. The van der Waals surface area contributed by atoms with E-state index in [1.807, 2.05) is 0 Å². The van der Waals surface area contributed by atoms with Crippen molar-refractivity contribution in [1.82, 2.24) is 10.2 Å². The van der Waals surface area contributed by atoms with E-state index in [0.717, 1.165) is 17.7 Å². The number of halogens is 6. The van der Waals surface area contributed by atoms with Gasteiger partial charge in [0.25, 0.3) is 10.0 Å². The highest BCUT2D eigenvalue weighted by Gasteiger charge is 2.37. The molecular formula is C31H33Cl3F3N3O4S. The van der Waals surface area contributed by atoms with Crippen LogP contribution in [0.25, 0.3) is 0 Å². The van der Waals surface area contributed by atoms with Crippen LogP contribution in [0.5, 0.6) is 0 Å². The molecule has 0 heterocycles. The molecule has 45 heavy (non-hydrogen) atoms. The van der Waals surface area contributed by atoms with E-state index in [2.05, 4.69) is 5.32 Å². The summed E-state index contributed by atoms with van der Waals surface area (Å²) in [5.41, 5.74) is -1.16. The van der Waals surface area contributed by atoms with Crippen LogP contribution >= 0.6 is 34.8 Å². The van der Waals surface area contributed by atoms with E-state index in [1.165, 1.54) is 41.3 Å². The van der Waals surface area contributed by atoms with Crippen molar-refractivity contribution >= 4 is 62.3 Å². The lowest BCUT2D eigenvalue weighted by molar-refractivity contribution is -0.141. The minimum atomic E-state index is -4.91. The number of hydrogen-bond donors (Lipinski definition) is 1. The lowest BCUT2D eigenvalue weighted by Crippen LogP contribution is -2.55. The first-order valence-electron chi connectivity index (χ1n) is 13.8. The number of nitrogens with one attached hydrogen (secondary N) is 1. The molecule has 3 aromatic rings. The van der Waals surface area contributed by atoms with E-state index in [1.54, 1.807) is 40.7 Å². The second-order valence-corrected chi connectivity index (χ2v) is 14.5. The number of sulfonamides is 1. The molecule has 0 aliphatic rings. The average Bonchev–Trinajstić information content (AvgIpc) is 2.92. The van der Waals surface area contributed by atoms with Gasteiger partial charge >= 0.3 is 6.18 Å². The van der Waals surface area contributed by atoms with Gasteiger partial charge in [-0.1, -0.05) is 65.5 Å². The van der Waals surface area contributed by atoms with E-state index < -0.39 is 62.4 Å². The van der Waals surface area contributed by atoms with E-state index in [-0.39, 0.29) is 27.9 Å². The summed E-state index contributed by atoms with van der Waals surface area (Å²) in [4.78, 5) is 28.5. The van der Waals surface area contributed by atoms with Crippen LogP contribution in [0.1, 0.15) is 50.8 Å². The van der Waals surface area contributed by atoms with Crippen molar-refractivity contribution in [3.63, 3.8) is 0 Å². The Labute approximate surface area is 276 Å². The molecule has 1 unspecified atom stereocenters. The fourth-order valence-electron chi connectivity index (χ4n) is 4.46. The van der Waals surface area contributed by atoms with Gasteiger partial charge in [0.1, 0.15) is 12.6 Å². The molecule has 2 amide bonds. The zero-order valence-electron chi connectivity index (χ0n) is 25.2. The van der Waals surface area contributed by atoms with Crippen molar-refractivity contribution in [3.05, 3.63) is 92.4 Å². The van der Waals surface area contributed by atoms with Gasteiger partial charge in [-0.2, -0.15) is 13.2 Å². The number of benzene rings is 3. The topological polar surface area (TPSA) is 86.8 Å². The Morgan fingerprint density at radius 1 is 0.889 bits per heavy atom. The van der Waals surface area contributed by atoms with Crippen LogP contribution in [0.4, 0.5) is 18.9 Å². The molecule has 0 bridgehead atoms. The van der Waals surface area contributed by atoms with Crippen LogP contribution < -0.4 is 9.62 Å². The second-order valence-electron chi connectivity index (χ2n) is 11.4. The molecule has 0 spiro atoms. The first-order valence-corrected chi connectivity index (χ1v) is 16.3. The van der Waals surface area contributed by atoms with Crippen LogP contribution in [0.15, 0.2) is 65.6 Å². The normalized spacial score (nSPS) is 12.9. The van der Waals surface area contributed by atoms with E-state index in [9.17, 15) is 31.2 Å². The van der Waals surface area contributed by atoms with Gasteiger partial charge in [-0.3, -0.25) is 13.9 Å². The fourth-order valence-corrected chi connectivity index (χ4v) is 6.41. The van der Waals surface area contributed by atoms with Gasteiger partial charge in [0, 0.05) is 12.1 Å². The van der Waals surface area contributed by atoms with Gasteiger partial charge in [-0.25, -0.2) is 8.42 Å². The molecule has 3 rings (SSSR count). The highest BCUT2D eigenvalue weighted by molar-refractivity contribution is 7.92. The maximum Gasteiger partial charge on any atom is 0.417 e. The quantitative estimate of drug-likeness (QED) is 0.232. The molecule has 0 aliphatic heterocycles. The third-order valence-electron chi connectivity index (χ3n) is 6.65. The van der Waals surface area contributed by atoms with Crippen LogP contribution in [-0.4, -0.2) is 43.3 Å². The third kappa shape index (κ3) is 9.28. The van der Waals surface area contributed by atoms with Gasteiger partial charge < -0.3 is 10.2 Å². The number of anilines is 1. The number of nitrogens with zero attached hydrogens (tertiary/aromatic N) is 2. The monoisotopic (exact) mass is 705 g/mol. The standard InChI is InChI=1S/C31H33Cl3F3N3O4S/c1-6-27(29(42)38-30(3,4)5)39(17-20-9-13-25(33)26(34)15-20)28(41)18-40(45(43,44)22-11-7-19(2)8-12-22)21-10-14-24(32)23(16-21)31(35,36)37/h7-16,27H,6,17-18H2,1-5H3,(H,38,42). The second kappa shape index (κ2) is 14.2. The van der Waals surface area contributed by atoms with E-state index in [4.69, 9.17) is 34.8 Å². The summed E-state index contributed by atoms with van der Waals surface area (Å²) in [6, 6.07) is 11.8. The fraction of sp³-hybridized carbons (Fsp3) is 0.355. The van der Waals surface area contributed by atoms with Gasteiger partial charge in [-0.05, 0) is 82.1 Å². The summed E-state index contributed by atoms with van der Waals surface area (Å²) in [7, 11) is -4.60. The molecule has 1 N–H and O–H groups in total. The third-order valence-corrected chi connectivity index (χ3v) is 9.51. The Bertz CT molecular complexity index is 1660. The van der Waals surface area contributed by atoms with Gasteiger partial charge in [0.2, 0.25) is 11.8 Å². The number of carbonyl (C=O) groups excluding carboxylic acids is 2. The van der Waals surface area contributed by atoms with Gasteiger partial charge in [0.05, 0.1) is 31.2 Å². The van der Waals surface area contributed by atoms with Crippen molar-refractivity contribution in [2.75, 3.05) is 10.8 Å². The molecule has 0 fully saturated rings. The number of alkyl halides is 3. The Hall–Kier alpha value is -2.99. The molecule has 14 heteroatoms. The molecule has 0 aromatic heterocycles. The molecule has 1 atom stereocenters. The maximum absolute atomic E-state index is 14.2.